The Hall–Kier alpha value is -2.24. The zero-order valence-corrected chi connectivity index (χ0v) is 11.2. The van der Waals surface area contributed by atoms with E-state index < -0.39 is 5.92 Å². The lowest BCUT2D eigenvalue weighted by Gasteiger charge is -2.31. The maximum absolute atomic E-state index is 13.2. The molecule has 1 saturated heterocycles. The van der Waals surface area contributed by atoms with Gasteiger partial charge in [0.15, 0.2) is 0 Å². The number of alkyl halides is 2. The van der Waals surface area contributed by atoms with Gasteiger partial charge in [-0.2, -0.15) is 0 Å². The van der Waals surface area contributed by atoms with Crippen LogP contribution in [0.1, 0.15) is 23.2 Å². The van der Waals surface area contributed by atoms with Crippen molar-refractivity contribution in [3.05, 3.63) is 46.4 Å². The van der Waals surface area contributed by atoms with Crippen LogP contribution in [0.2, 0.25) is 0 Å². The highest BCUT2D eigenvalue weighted by Crippen LogP contribution is 2.28. The third-order valence-corrected chi connectivity index (χ3v) is 3.82. The number of benzene rings is 1. The largest absolute Gasteiger partial charge is 0.338 e. The number of carbonyl (C=O) groups is 1. The number of pyridine rings is 1. The van der Waals surface area contributed by atoms with E-state index in [1.54, 1.807) is 24.3 Å². The predicted octanol–water partition coefficient (Wildman–Crippen LogP) is 2.40. The number of amides is 1. The van der Waals surface area contributed by atoms with Crippen LogP contribution in [0.4, 0.5) is 8.78 Å². The third kappa shape index (κ3) is 2.53. The number of rotatable bonds is 1. The van der Waals surface area contributed by atoms with Crippen molar-refractivity contribution in [2.75, 3.05) is 13.1 Å². The van der Waals surface area contributed by atoms with E-state index in [-0.39, 0.29) is 37.4 Å². The lowest BCUT2D eigenvalue weighted by atomic mass is 10.0. The molecule has 1 N–H and O–H groups in total. The zero-order valence-electron chi connectivity index (χ0n) is 11.2. The van der Waals surface area contributed by atoms with E-state index in [4.69, 9.17) is 0 Å². The number of H-pyrrole nitrogens is 1. The van der Waals surface area contributed by atoms with Crippen molar-refractivity contribution in [2.24, 2.45) is 0 Å². The first kappa shape index (κ1) is 13.7. The Bertz CT molecular complexity index is 745. The van der Waals surface area contributed by atoms with Crippen molar-refractivity contribution in [3.8, 4) is 0 Å². The van der Waals surface area contributed by atoms with Gasteiger partial charge in [-0.05, 0) is 6.07 Å². The molecule has 0 atom stereocenters. The number of piperidine rings is 1. The molecule has 1 aliphatic heterocycles. The minimum Gasteiger partial charge on any atom is -0.338 e. The molecule has 2 heterocycles. The first-order valence-electron chi connectivity index (χ1n) is 6.75. The van der Waals surface area contributed by atoms with Gasteiger partial charge in [0, 0.05) is 42.9 Å². The van der Waals surface area contributed by atoms with Crippen molar-refractivity contribution < 1.29 is 13.6 Å². The highest BCUT2D eigenvalue weighted by molar-refractivity contribution is 6.06. The summed E-state index contributed by atoms with van der Waals surface area (Å²) >= 11 is 0. The number of carbonyl (C=O) groups excluding carboxylic acids is 1. The summed E-state index contributed by atoms with van der Waals surface area (Å²) in [6, 6.07) is 6.78. The van der Waals surface area contributed by atoms with Gasteiger partial charge in [-0.25, -0.2) is 8.78 Å². The number of hydrogen-bond acceptors (Lipinski definition) is 2. The summed E-state index contributed by atoms with van der Waals surface area (Å²) in [7, 11) is 0. The van der Waals surface area contributed by atoms with Crippen LogP contribution in [0.15, 0.2) is 35.3 Å². The molecule has 1 aromatic carbocycles. The van der Waals surface area contributed by atoms with Crippen LogP contribution in [-0.2, 0) is 0 Å². The highest BCUT2D eigenvalue weighted by atomic mass is 19.3. The molecular formula is C15H14F2N2O2. The number of halogens is 2. The standard InChI is InChI=1S/C15H14F2N2O2/c16-15(17)5-7-19(8-6-15)14(21)12-9-18-13(20)11-4-2-1-3-10(11)12/h1-4,9H,5-8H2,(H,18,20). The number of likely N-dealkylation sites (tertiary alicyclic amines) is 1. The van der Waals surface area contributed by atoms with E-state index in [0.29, 0.717) is 16.3 Å². The van der Waals surface area contributed by atoms with E-state index in [2.05, 4.69) is 4.98 Å². The Morgan fingerprint density at radius 3 is 2.43 bits per heavy atom. The Morgan fingerprint density at radius 2 is 1.76 bits per heavy atom. The van der Waals surface area contributed by atoms with E-state index >= 15 is 0 Å². The average molecular weight is 292 g/mol. The van der Waals surface area contributed by atoms with E-state index in [1.165, 1.54) is 11.1 Å². The number of nitrogens with one attached hydrogen (secondary N) is 1. The number of aromatic amines is 1. The molecule has 0 bridgehead atoms. The molecule has 1 aliphatic rings. The Kier molecular flexibility index (Phi) is 3.23. The molecule has 0 unspecified atom stereocenters. The van der Waals surface area contributed by atoms with Gasteiger partial charge in [0.1, 0.15) is 0 Å². The van der Waals surface area contributed by atoms with E-state index in [9.17, 15) is 18.4 Å². The molecule has 21 heavy (non-hydrogen) atoms. The number of hydrogen-bond donors (Lipinski definition) is 1. The normalized spacial score (nSPS) is 17.9. The molecule has 1 fully saturated rings. The van der Waals surface area contributed by atoms with Crippen molar-refractivity contribution in [2.45, 2.75) is 18.8 Å². The fourth-order valence-corrected chi connectivity index (χ4v) is 2.59. The Balaban J connectivity index is 1.96. The molecule has 0 saturated carbocycles. The molecule has 1 aromatic heterocycles. The minimum absolute atomic E-state index is 0.0271. The summed E-state index contributed by atoms with van der Waals surface area (Å²) in [4.78, 5) is 28.2. The average Bonchev–Trinajstić information content (AvgIpc) is 2.47. The summed E-state index contributed by atoms with van der Waals surface area (Å²) in [6.07, 6.45) is 0.722. The van der Waals surface area contributed by atoms with E-state index in [1.807, 2.05) is 0 Å². The number of fused-ring (bicyclic) bond motifs is 1. The molecular weight excluding hydrogens is 278 g/mol. The molecule has 0 spiro atoms. The highest BCUT2D eigenvalue weighted by Gasteiger charge is 2.36. The monoisotopic (exact) mass is 292 g/mol. The molecule has 3 rings (SSSR count). The van der Waals surface area contributed by atoms with Crippen molar-refractivity contribution >= 4 is 16.7 Å². The quantitative estimate of drug-likeness (QED) is 0.877. The molecule has 1 amide bonds. The Labute approximate surface area is 119 Å². The third-order valence-electron chi connectivity index (χ3n) is 3.82. The van der Waals surface area contributed by atoms with Crippen molar-refractivity contribution in [1.29, 1.82) is 0 Å². The van der Waals surface area contributed by atoms with E-state index in [0.717, 1.165) is 0 Å². The second-order valence-electron chi connectivity index (χ2n) is 5.23. The lowest BCUT2D eigenvalue weighted by molar-refractivity contribution is -0.0493. The van der Waals surface area contributed by atoms with Gasteiger partial charge < -0.3 is 9.88 Å². The Morgan fingerprint density at radius 1 is 1.14 bits per heavy atom. The van der Waals surface area contributed by atoms with Crippen LogP contribution in [0.5, 0.6) is 0 Å². The molecule has 110 valence electrons. The molecule has 4 nitrogen and oxygen atoms in total. The van der Waals surface area contributed by atoms with Gasteiger partial charge >= 0.3 is 0 Å². The molecule has 0 aliphatic carbocycles. The first-order chi connectivity index (χ1) is 9.98. The first-order valence-corrected chi connectivity index (χ1v) is 6.75. The summed E-state index contributed by atoms with van der Waals surface area (Å²) in [5.41, 5.74) is 0.0720. The minimum atomic E-state index is -2.69. The van der Waals surface area contributed by atoms with Crippen LogP contribution in [0.25, 0.3) is 10.8 Å². The maximum atomic E-state index is 13.2. The van der Waals surface area contributed by atoms with Crippen LogP contribution in [0.3, 0.4) is 0 Å². The summed E-state index contributed by atoms with van der Waals surface area (Å²) in [5, 5.41) is 0.967. The van der Waals surface area contributed by atoms with Gasteiger partial charge in [0.2, 0.25) is 0 Å². The smallest absolute Gasteiger partial charge is 0.255 e. The van der Waals surface area contributed by atoms with Gasteiger partial charge in [-0.1, -0.05) is 18.2 Å². The van der Waals surface area contributed by atoms with Crippen LogP contribution < -0.4 is 5.56 Å². The van der Waals surface area contributed by atoms with Gasteiger partial charge in [0.25, 0.3) is 17.4 Å². The summed E-state index contributed by atoms with van der Waals surface area (Å²) in [5.74, 6) is -3.01. The summed E-state index contributed by atoms with van der Waals surface area (Å²) < 4.78 is 26.3. The van der Waals surface area contributed by atoms with Crippen molar-refractivity contribution in [1.82, 2.24) is 9.88 Å². The number of aromatic nitrogens is 1. The maximum Gasteiger partial charge on any atom is 0.255 e. The fraction of sp³-hybridized carbons (Fsp3) is 0.333. The van der Waals surface area contributed by atoms with Gasteiger partial charge in [-0.3, -0.25) is 9.59 Å². The lowest BCUT2D eigenvalue weighted by Crippen LogP contribution is -2.42. The summed E-state index contributed by atoms with van der Waals surface area (Å²) in [6.45, 7) is 0.0541. The second-order valence-corrected chi connectivity index (χ2v) is 5.23. The molecule has 2 aromatic rings. The van der Waals surface area contributed by atoms with Crippen LogP contribution in [0, 0.1) is 0 Å². The molecule has 0 radical (unpaired) electrons. The SMILES string of the molecule is O=C(c1c[nH]c(=O)c2ccccc12)N1CCC(F)(F)CC1. The van der Waals surface area contributed by atoms with Gasteiger partial charge in [0.05, 0.1) is 5.56 Å². The second kappa shape index (κ2) is 4.95. The fourth-order valence-electron chi connectivity index (χ4n) is 2.59. The topological polar surface area (TPSA) is 53.2 Å². The predicted molar refractivity (Wildman–Crippen MR) is 74.7 cm³/mol. The van der Waals surface area contributed by atoms with Crippen LogP contribution >= 0.6 is 0 Å². The molecule has 6 heteroatoms. The number of nitrogens with zero attached hydrogens (tertiary/aromatic N) is 1. The van der Waals surface area contributed by atoms with Crippen LogP contribution in [-0.4, -0.2) is 34.8 Å². The van der Waals surface area contributed by atoms with Gasteiger partial charge in [-0.15, -0.1) is 0 Å². The van der Waals surface area contributed by atoms with Crippen molar-refractivity contribution in [3.63, 3.8) is 0 Å². The zero-order chi connectivity index (χ0) is 15.0.